The van der Waals surface area contributed by atoms with Crippen LogP contribution in [-0.4, -0.2) is 27.0 Å². The molecule has 124 valence electrons. The van der Waals surface area contributed by atoms with Gasteiger partial charge in [-0.15, -0.1) is 0 Å². The summed E-state index contributed by atoms with van der Waals surface area (Å²) in [4.78, 5) is 11.6. The number of anilines is 2. The van der Waals surface area contributed by atoms with E-state index < -0.39 is 10.0 Å². The summed E-state index contributed by atoms with van der Waals surface area (Å²) in [6.07, 6.45) is 0.681. The van der Waals surface area contributed by atoms with Crippen LogP contribution in [0.15, 0.2) is 47.4 Å². The molecule has 0 unspecified atom stereocenters. The van der Waals surface area contributed by atoms with Crippen LogP contribution in [0.25, 0.3) is 0 Å². The van der Waals surface area contributed by atoms with Gasteiger partial charge in [0.2, 0.25) is 0 Å². The molecule has 0 saturated carbocycles. The quantitative estimate of drug-likeness (QED) is 0.906. The predicted molar refractivity (Wildman–Crippen MR) is 89.8 cm³/mol. The zero-order valence-electron chi connectivity index (χ0n) is 13.0. The van der Waals surface area contributed by atoms with Crippen molar-refractivity contribution in [3.63, 3.8) is 0 Å². The molecule has 0 aromatic heterocycles. The maximum Gasteiger partial charge on any atom is 0.264 e. The third kappa shape index (κ3) is 2.24. The van der Waals surface area contributed by atoms with Crippen LogP contribution in [0.1, 0.15) is 12.5 Å². The van der Waals surface area contributed by atoms with E-state index in [0.29, 0.717) is 23.5 Å². The molecule has 0 fully saturated rings. The second-order valence-electron chi connectivity index (χ2n) is 5.98. The van der Waals surface area contributed by atoms with Gasteiger partial charge in [-0.2, -0.15) is 0 Å². The van der Waals surface area contributed by atoms with E-state index in [0.717, 1.165) is 5.56 Å². The van der Waals surface area contributed by atoms with Crippen molar-refractivity contribution in [3.05, 3.63) is 48.0 Å². The van der Waals surface area contributed by atoms with E-state index in [-0.39, 0.29) is 23.5 Å². The lowest BCUT2D eigenvalue weighted by atomic mass is 10.1. The zero-order valence-corrected chi connectivity index (χ0v) is 13.8. The van der Waals surface area contributed by atoms with Crippen LogP contribution >= 0.6 is 0 Å². The average Bonchev–Trinajstić information content (AvgIpc) is 2.90. The highest BCUT2D eigenvalue weighted by Gasteiger charge is 2.36. The lowest BCUT2D eigenvalue weighted by Gasteiger charge is -2.25. The molecule has 1 N–H and O–H groups in total. The predicted octanol–water partition coefficient (Wildman–Crippen LogP) is 2.16. The first kappa shape index (κ1) is 15.0. The van der Waals surface area contributed by atoms with Crippen LogP contribution in [0.5, 0.6) is 5.75 Å². The van der Waals surface area contributed by atoms with E-state index in [2.05, 4.69) is 5.32 Å². The van der Waals surface area contributed by atoms with Gasteiger partial charge in [-0.3, -0.25) is 9.10 Å². The minimum atomic E-state index is -3.73. The third-order valence-corrected chi connectivity index (χ3v) is 6.21. The molecule has 2 aromatic carbocycles. The van der Waals surface area contributed by atoms with Crippen LogP contribution in [0.3, 0.4) is 0 Å². The van der Waals surface area contributed by atoms with Gasteiger partial charge in [-0.25, -0.2) is 8.42 Å². The fraction of sp³-hybridized carbons (Fsp3) is 0.235. The summed E-state index contributed by atoms with van der Waals surface area (Å²) in [5, 5.41) is 2.65. The van der Waals surface area contributed by atoms with Crippen molar-refractivity contribution in [2.75, 3.05) is 16.2 Å². The number of sulfonamides is 1. The van der Waals surface area contributed by atoms with E-state index in [1.54, 1.807) is 6.07 Å². The molecular formula is C17H16N2O4S. The maximum absolute atomic E-state index is 13.1. The minimum absolute atomic E-state index is 0.0599. The number of benzene rings is 2. The number of nitrogens with one attached hydrogen (secondary N) is 1. The van der Waals surface area contributed by atoms with Crippen LogP contribution in [-0.2, 0) is 21.2 Å². The summed E-state index contributed by atoms with van der Waals surface area (Å²) >= 11 is 0. The molecule has 24 heavy (non-hydrogen) atoms. The molecule has 0 aliphatic carbocycles. The van der Waals surface area contributed by atoms with Crippen LogP contribution in [0.4, 0.5) is 11.4 Å². The summed E-state index contributed by atoms with van der Waals surface area (Å²) in [7, 11) is -3.73. The van der Waals surface area contributed by atoms with E-state index in [1.165, 1.54) is 16.4 Å². The standard InChI is InChI=1S/C17H16N2O4S/c1-11-8-12-4-2-3-5-15(12)19(11)24(21,22)13-6-7-16-14(9-13)18-17(20)10-23-16/h2-7,9,11H,8,10H2,1H3,(H,18,20)/t11-/m1/s1. The smallest absolute Gasteiger partial charge is 0.264 e. The molecule has 4 rings (SSSR count). The third-order valence-electron chi connectivity index (χ3n) is 4.29. The average molecular weight is 344 g/mol. The Balaban J connectivity index is 1.79. The maximum atomic E-state index is 13.1. The van der Waals surface area contributed by atoms with Crippen molar-refractivity contribution in [1.29, 1.82) is 0 Å². The zero-order chi connectivity index (χ0) is 16.9. The van der Waals surface area contributed by atoms with Crippen LogP contribution in [0, 0.1) is 0 Å². The summed E-state index contributed by atoms with van der Waals surface area (Å²) in [6, 6.07) is 11.9. The number of hydrogen-bond donors (Lipinski definition) is 1. The second kappa shape index (κ2) is 5.24. The van der Waals surface area contributed by atoms with Crippen molar-refractivity contribution in [1.82, 2.24) is 0 Å². The molecule has 0 spiro atoms. The highest BCUT2D eigenvalue weighted by molar-refractivity contribution is 7.92. The van der Waals surface area contributed by atoms with Gasteiger partial charge in [0.25, 0.3) is 15.9 Å². The first-order chi connectivity index (χ1) is 11.5. The van der Waals surface area contributed by atoms with Crippen molar-refractivity contribution in [3.8, 4) is 5.75 Å². The van der Waals surface area contributed by atoms with Gasteiger partial charge in [-0.1, -0.05) is 18.2 Å². The molecule has 0 saturated heterocycles. The lowest BCUT2D eigenvalue weighted by molar-refractivity contribution is -0.118. The molecule has 0 radical (unpaired) electrons. The Bertz CT molecular complexity index is 939. The van der Waals surface area contributed by atoms with Crippen molar-refractivity contribution < 1.29 is 17.9 Å². The first-order valence-corrected chi connectivity index (χ1v) is 9.10. The van der Waals surface area contributed by atoms with E-state index in [4.69, 9.17) is 4.74 Å². The van der Waals surface area contributed by atoms with Gasteiger partial charge >= 0.3 is 0 Å². The SMILES string of the molecule is C[C@@H]1Cc2ccccc2N1S(=O)(=O)c1ccc2c(c1)NC(=O)CO2. The Kier molecular flexibility index (Phi) is 3.28. The Morgan fingerprint density at radius 1 is 1.21 bits per heavy atom. The Hall–Kier alpha value is -2.54. The molecule has 1 atom stereocenters. The summed E-state index contributed by atoms with van der Waals surface area (Å²) in [5.41, 5.74) is 2.11. The number of ether oxygens (including phenoxy) is 1. The van der Waals surface area contributed by atoms with Gasteiger partial charge in [0.1, 0.15) is 5.75 Å². The van der Waals surface area contributed by atoms with Gasteiger partial charge in [0.05, 0.1) is 16.3 Å². The number of para-hydroxylation sites is 1. The van der Waals surface area contributed by atoms with Crippen molar-refractivity contribution in [2.45, 2.75) is 24.3 Å². The number of carbonyl (C=O) groups is 1. The fourth-order valence-corrected chi connectivity index (χ4v) is 4.96. The first-order valence-electron chi connectivity index (χ1n) is 7.66. The van der Waals surface area contributed by atoms with Crippen molar-refractivity contribution >= 4 is 27.3 Å². The fourth-order valence-electron chi connectivity index (χ4n) is 3.24. The Labute approximate surface area is 140 Å². The number of fused-ring (bicyclic) bond motifs is 2. The van der Waals surface area contributed by atoms with Crippen LogP contribution < -0.4 is 14.4 Å². The Morgan fingerprint density at radius 2 is 2.00 bits per heavy atom. The van der Waals surface area contributed by atoms with Gasteiger partial charge in [0, 0.05) is 6.04 Å². The molecule has 7 heteroatoms. The molecule has 6 nitrogen and oxygen atoms in total. The number of nitrogens with zero attached hydrogens (tertiary/aromatic N) is 1. The van der Waals surface area contributed by atoms with E-state index >= 15 is 0 Å². The summed E-state index contributed by atoms with van der Waals surface area (Å²) in [6.45, 7) is 1.83. The molecule has 0 bridgehead atoms. The molecule has 2 aliphatic heterocycles. The molecule has 2 heterocycles. The molecule has 2 aromatic rings. The molecular weight excluding hydrogens is 328 g/mol. The largest absolute Gasteiger partial charge is 0.482 e. The topological polar surface area (TPSA) is 75.7 Å². The summed E-state index contributed by atoms with van der Waals surface area (Å²) < 4.78 is 33.0. The van der Waals surface area contributed by atoms with Gasteiger partial charge < -0.3 is 10.1 Å². The normalized spacial score (nSPS) is 19.3. The van der Waals surface area contributed by atoms with Crippen molar-refractivity contribution in [2.24, 2.45) is 0 Å². The number of rotatable bonds is 2. The van der Waals surface area contributed by atoms with E-state index in [9.17, 15) is 13.2 Å². The number of carbonyl (C=O) groups excluding carboxylic acids is 1. The van der Waals surface area contributed by atoms with Crippen LogP contribution in [0.2, 0.25) is 0 Å². The highest BCUT2D eigenvalue weighted by Crippen LogP contribution is 2.38. The lowest BCUT2D eigenvalue weighted by Crippen LogP contribution is -2.36. The molecule has 1 amide bonds. The van der Waals surface area contributed by atoms with Gasteiger partial charge in [-0.05, 0) is 43.2 Å². The minimum Gasteiger partial charge on any atom is -0.482 e. The number of amides is 1. The number of hydrogen-bond acceptors (Lipinski definition) is 4. The monoisotopic (exact) mass is 344 g/mol. The Morgan fingerprint density at radius 3 is 2.83 bits per heavy atom. The van der Waals surface area contributed by atoms with Gasteiger partial charge in [0.15, 0.2) is 6.61 Å². The summed E-state index contributed by atoms with van der Waals surface area (Å²) in [5.74, 6) is 0.181. The second-order valence-corrected chi connectivity index (χ2v) is 7.79. The molecule has 2 aliphatic rings. The highest BCUT2D eigenvalue weighted by atomic mass is 32.2. The van der Waals surface area contributed by atoms with E-state index in [1.807, 2.05) is 31.2 Å².